The average Bonchev–Trinajstić information content (AvgIpc) is 2.81. The van der Waals surface area contributed by atoms with Gasteiger partial charge in [-0.25, -0.2) is 0 Å². The molecule has 3 rings (SSSR count). The zero-order valence-electron chi connectivity index (χ0n) is 13.1. The Balaban J connectivity index is 1.74. The molecule has 116 valence electrons. The van der Waals surface area contributed by atoms with Gasteiger partial charge < -0.3 is 9.88 Å². The maximum atomic E-state index is 5.24. The van der Waals surface area contributed by atoms with Gasteiger partial charge in [-0.15, -0.1) is 0 Å². The fourth-order valence-corrected chi connectivity index (χ4v) is 2.72. The van der Waals surface area contributed by atoms with Crippen LogP contribution in [0.3, 0.4) is 0 Å². The van der Waals surface area contributed by atoms with E-state index in [9.17, 15) is 0 Å². The molecule has 2 N–H and O–H groups in total. The van der Waals surface area contributed by atoms with E-state index in [0.717, 1.165) is 11.3 Å². The Morgan fingerprint density at radius 2 is 1.78 bits per heavy atom. The summed E-state index contributed by atoms with van der Waals surface area (Å²) in [5, 5.41) is 9.00. The van der Waals surface area contributed by atoms with E-state index in [2.05, 4.69) is 46.5 Å². The van der Waals surface area contributed by atoms with Crippen LogP contribution < -0.4 is 10.7 Å². The van der Waals surface area contributed by atoms with E-state index in [0.29, 0.717) is 5.11 Å². The van der Waals surface area contributed by atoms with Crippen LogP contribution >= 0.6 is 12.2 Å². The SMILES string of the molecule is Cc1c(/C=N\NC(=S)Nc2ccccc2)c2ccccc2n1C. The number of hydrazone groups is 1. The van der Waals surface area contributed by atoms with Gasteiger partial charge in [0, 0.05) is 34.9 Å². The van der Waals surface area contributed by atoms with Crippen LogP contribution in [0.15, 0.2) is 59.7 Å². The molecular weight excluding hydrogens is 304 g/mol. The number of para-hydroxylation sites is 2. The lowest BCUT2D eigenvalue weighted by molar-refractivity contribution is 0.916. The molecular formula is C18H18N4S. The second-order valence-corrected chi connectivity index (χ2v) is 5.67. The molecule has 5 heteroatoms. The monoisotopic (exact) mass is 322 g/mol. The van der Waals surface area contributed by atoms with Crippen molar-refractivity contribution in [2.75, 3.05) is 5.32 Å². The number of nitrogens with zero attached hydrogens (tertiary/aromatic N) is 2. The predicted octanol–water partition coefficient (Wildman–Crippen LogP) is 3.81. The summed E-state index contributed by atoms with van der Waals surface area (Å²) >= 11 is 5.24. The van der Waals surface area contributed by atoms with E-state index in [1.807, 2.05) is 48.7 Å². The van der Waals surface area contributed by atoms with Crippen LogP contribution in [0.4, 0.5) is 5.69 Å². The first-order valence-corrected chi connectivity index (χ1v) is 7.77. The van der Waals surface area contributed by atoms with Crippen LogP contribution in [0.2, 0.25) is 0 Å². The Labute approximate surface area is 140 Å². The smallest absolute Gasteiger partial charge is 0.191 e. The van der Waals surface area contributed by atoms with E-state index >= 15 is 0 Å². The number of hydrogen-bond donors (Lipinski definition) is 2. The van der Waals surface area contributed by atoms with Crippen LogP contribution in [-0.2, 0) is 7.05 Å². The molecule has 2 aromatic carbocycles. The number of thiocarbonyl (C=S) groups is 1. The van der Waals surface area contributed by atoms with Gasteiger partial charge in [0.25, 0.3) is 0 Å². The lowest BCUT2D eigenvalue weighted by Crippen LogP contribution is -2.23. The molecule has 0 unspecified atom stereocenters. The van der Waals surface area contributed by atoms with Gasteiger partial charge in [-0.3, -0.25) is 5.43 Å². The van der Waals surface area contributed by atoms with Crippen LogP contribution in [0.1, 0.15) is 11.3 Å². The van der Waals surface area contributed by atoms with E-state index in [4.69, 9.17) is 12.2 Å². The minimum atomic E-state index is 0.463. The summed E-state index contributed by atoms with van der Waals surface area (Å²) in [5.74, 6) is 0. The number of rotatable bonds is 3. The zero-order chi connectivity index (χ0) is 16.2. The summed E-state index contributed by atoms with van der Waals surface area (Å²) in [6.07, 6.45) is 1.82. The highest BCUT2D eigenvalue weighted by atomic mass is 32.1. The van der Waals surface area contributed by atoms with E-state index < -0.39 is 0 Å². The van der Waals surface area contributed by atoms with Gasteiger partial charge in [-0.05, 0) is 37.3 Å². The van der Waals surface area contributed by atoms with Crippen LogP contribution in [0.5, 0.6) is 0 Å². The van der Waals surface area contributed by atoms with Crippen molar-refractivity contribution < 1.29 is 0 Å². The molecule has 4 nitrogen and oxygen atoms in total. The molecule has 0 aliphatic rings. The number of aromatic nitrogens is 1. The lowest BCUT2D eigenvalue weighted by Gasteiger charge is -2.06. The molecule has 0 amide bonds. The molecule has 0 bridgehead atoms. The standard InChI is InChI=1S/C18H18N4S/c1-13-16(15-10-6-7-11-17(15)22(13)2)12-19-21-18(23)20-14-8-4-3-5-9-14/h3-12H,1-2H3,(H2,20,21,23)/b19-12-. The molecule has 1 heterocycles. The predicted molar refractivity (Wildman–Crippen MR) is 101 cm³/mol. The Bertz CT molecular complexity index is 865. The molecule has 0 atom stereocenters. The largest absolute Gasteiger partial charge is 0.347 e. The van der Waals surface area contributed by atoms with Crippen molar-refractivity contribution in [1.82, 2.24) is 9.99 Å². The number of anilines is 1. The summed E-state index contributed by atoms with van der Waals surface area (Å²) in [6, 6.07) is 18.1. The van der Waals surface area contributed by atoms with Crippen LogP contribution in [-0.4, -0.2) is 15.9 Å². The van der Waals surface area contributed by atoms with Crippen LogP contribution in [0, 0.1) is 6.92 Å². The van der Waals surface area contributed by atoms with Crippen molar-refractivity contribution >= 4 is 40.1 Å². The second kappa shape index (κ2) is 6.62. The third-order valence-electron chi connectivity index (χ3n) is 3.84. The van der Waals surface area contributed by atoms with Gasteiger partial charge in [0.05, 0.1) is 6.21 Å². The fraction of sp³-hybridized carbons (Fsp3) is 0.111. The quantitative estimate of drug-likeness (QED) is 0.438. The highest BCUT2D eigenvalue weighted by Crippen LogP contribution is 2.22. The van der Waals surface area contributed by atoms with Gasteiger partial charge in [0.2, 0.25) is 0 Å². The van der Waals surface area contributed by atoms with E-state index in [-0.39, 0.29) is 0 Å². The minimum Gasteiger partial charge on any atom is -0.347 e. The Kier molecular flexibility index (Phi) is 4.39. The maximum absolute atomic E-state index is 5.24. The summed E-state index contributed by atoms with van der Waals surface area (Å²) in [6.45, 7) is 2.09. The van der Waals surface area contributed by atoms with Crippen LogP contribution in [0.25, 0.3) is 10.9 Å². The fourth-order valence-electron chi connectivity index (χ4n) is 2.55. The van der Waals surface area contributed by atoms with Gasteiger partial charge in [0.1, 0.15) is 0 Å². The Morgan fingerprint density at radius 3 is 2.57 bits per heavy atom. The first kappa shape index (κ1) is 15.2. The van der Waals surface area contributed by atoms with Crippen molar-refractivity contribution in [3.63, 3.8) is 0 Å². The normalized spacial score (nSPS) is 11.0. The van der Waals surface area contributed by atoms with Crippen molar-refractivity contribution in [2.45, 2.75) is 6.92 Å². The van der Waals surface area contributed by atoms with Crippen molar-refractivity contribution in [2.24, 2.45) is 12.1 Å². The molecule has 0 saturated carbocycles. The molecule has 0 radical (unpaired) electrons. The molecule has 0 saturated heterocycles. The average molecular weight is 322 g/mol. The number of nitrogens with one attached hydrogen (secondary N) is 2. The highest BCUT2D eigenvalue weighted by Gasteiger charge is 2.09. The summed E-state index contributed by atoms with van der Waals surface area (Å²) in [4.78, 5) is 0. The minimum absolute atomic E-state index is 0.463. The molecule has 0 aliphatic carbocycles. The summed E-state index contributed by atoms with van der Waals surface area (Å²) in [7, 11) is 2.06. The van der Waals surface area contributed by atoms with E-state index in [1.54, 1.807) is 0 Å². The molecule has 0 spiro atoms. The molecule has 3 aromatic rings. The van der Waals surface area contributed by atoms with Gasteiger partial charge >= 0.3 is 0 Å². The van der Waals surface area contributed by atoms with Crippen molar-refractivity contribution in [3.05, 3.63) is 65.9 Å². The summed E-state index contributed by atoms with van der Waals surface area (Å²) in [5.41, 5.74) is 7.25. The van der Waals surface area contributed by atoms with E-state index in [1.165, 1.54) is 16.6 Å². The van der Waals surface area contributed by atoms with Crippen molar-refractivity contribution in [3.8, 4) is 0 Å². The summed E-state index contributed by atoms with van der Waals surface area (Å²) < 4.78 is 2.16. The molecule has 0 fully saturated rings. The first-order chi connectivity index (χ1) is 11.2. The molecule has 0 aliphatic heterocycles. The van der Waals surface area contributed by atoms with Gasteiger partial charge in [-0.1, -0.05) is 36.4 Å². The van der Waals surface area contributed by atoms with Gasteiger partial charge in [0.15, 0.2) is 5.11 Å². The lowest BCUT2D eigenvalue weighted by atomic mass is 10.1. The first-order valence-electron chi connectivity index (χ1n) is 7.36. The Hall–Kier alpha value is -2.66. The number of fused-ring (bicyclic) bond motifs is 1. The third-order valence-corrected chi connectivity index (χ3v) is 4.03. The third kappa shape index (κ3) is 3.24. The zero-order valence-corrected chi connectivity index (χ0v) is 13.9. The molecule has 23 heavy (non-hydrogen) atoms. The number of benzene rings is 2. The highest BCUT2D eigenvalue weighted by molar-refractivity contribution is 7.80. The number of aryl methyl sites for hydroxylation is 1. The maximum Gasteiger partial charge on any atom is 0.191 e. The Morgan fingerprint density at radius 1 is 1.09 bits per heavy atom. The van der Waals surface area contributed by atoms with Crippen molar-refractivity contribution in [1.29, 1.82) is 0 Å². The second-order valence-electron chi connectivity index (χ2n) is 5.27. The number of hydrogen-bond acceptors (Lipinski definition) is 2. The topological polar surface area (TPSA) is 41.4 Å². The molecule has 1 aromatic heterocycles. The van der Waals surface area contributed by atoms with Gasteiger partial charge in [-0.2, -0.15) is 5.10 Å².